The second kappa shape index (κ2) is 4.99. The average molecular weight is 315 g/mol. The van der Waals surface area contributed by atoms with Crippen molar-refractivity contribution in [2.45, 2.75) is 24.9 Å². The number of aromatic nitrogens is 1. The van der Waals surface area contributed by atoms with Crippen molar-refractivity contribution >= 4 is 17.5 Å². The molecule has 0 bridgehead atoms. The molecule has 0 N–H and O–H groups in total. The summed E-state index contributed by atoms with van der Waals surface area (Å²) in [4.78, 5) is 18.8. The first-order chi connectivity index (χ1) is 10.7. The second-order valence-corrected chi connectivity index (χ2v) is 6.11. The van der Waals surface area contributed by atoms with Crippen LogP contribution in [-0.4, -0.2) is 28.9 Å². The highest BCUT2D eigenvalue weighted by Crippen LogP contribution is 2.52. The molecule has 22 heavy (non-hydrogen) atoms. The van der Waals surface area contributed by atoms with Gasteiger partial charge in [0.2, 0.25) is 0 Å². The van der Waals surface area contributed by atoms with E-state index in [0.717, 1.165) is 23.3 Å². The fourth-order valence-corrected chi connectivity index (χ4v) is 3.54. The van der Waals surface area contributed by atoms with E-state index in [1.54, 1.807) is 19.4 Å². The minimum atomic E-state index is 0.0499. The molecule has 1 aliphatic carbocycles. The highest BCUT2D eigenvalue weighted by Gasteiger charge is 2.51. The maximum absolute atomic E-state index is 12.7. The molecule has 2 aliphatic rings. The van der Waals surface area contributed by atoms with Gasteiger partial charge in [-0.25, -0.2) is 4.98 Å². The number of amides is 1. The van der Waals surface area contributed by atoms with Crippen LogP contribution < -0.4 is 4.74 Å². The van der Waals surface area contributed by atoms with Crippen LogP contribution in [0.25, 0.3) is 0 Å². The van der Waals surface area contributed by atoms with Crippen LogP contribution in [0, 0.1) is 0 Å². The summed E-state index contributed by atoms with van der Waals surface area (Å²) in [6.07, 6.45) is 2.58. The Balaban J connectivity index is 1.63. The van der Waals surface area contributed by atoms with Gasteiger partial charge in [-0.05, 0) is 30.2 Å². The Labute approximate surface area is 133 Å². The number of carbonyl (C=O) groups excluding carboxylic acids is 1. The van der Waals surface area contributed by atoms with Gasteiger partial charge in [0.15, 0.2) is 0 Å². The van der Waals surface area contributed by atoms with Crippen molar-refractivity contribution in [1.82, 2.24) is 9.88 Å². The number of hydrogen-bond acceptors (Lipinski definition) is 3. The van der Waals surface area contributed by atoms with Gasteiger partial charge in [-0.1, -0.05) is 23.7 Å². The Morgan fingerprint density at radius 2 is 2.09 bits per heavy atom. The Morgan fingerprint density at radius 1 is 1.32 bits per heavy atom. The molecule has 1 aromatic heterocycles. The zero-order chi connectivity index (χ0) is 15.3. The molecule has 1 saturated carbocycles. The van der Waals surface area contributed by atoms with Crippen molar-refractivity contribution in [3.63, 3.8) is 0 Å². The maximum atomic E-state index is 12.7. The largest absolute Gasteiger partial charge is 0.497 e. The molecule has 0 spiro atoms. The minimum Gasteiger partial charge on any atom is -0.497 e. The molecule has 4 rings (SSSR count). The Bertz CT molecular complexity index is 745. The number of benzene rings is 1. The molecule has 1 aliphatic heterocycles. The summed E-state index contributed by atoms with van der Waals surface area (Å²) < 4.78 is 5.17. The molecule has 5 heteroatoms. The number of rotatable bonds is 3. The van der Waals surface area contributed by atoms with E-state index in [-0.39, 0.29) is 11.9 Å². The van der Waals surface area contributed by atoms with Crippen molar-refractivity contribution in [2.75, 3.05) is 7.11 Å². The molecule has 2 aromatic rings. The van der Waals surface area contributed by atoms with Gasteiger partial charge in [0.1, 0.15) is 10.9 Å². The molecule has 0 radical (unpaired) electrons. The van der Waals surface area contributed by atoms with Gasteiger partial charge in [0.05, 0.1) is 7.11 Å². The fraction of sp³-hybridized carbons (Fsp3) is 0.294. The molecule has 112 valence electrons. The van der Waals surface area contributed by atoms with Crippen molar-refractivity contribution < 1.29 is 9.53 Å². The molecule has 2 unspecified atom stereocenters. The molecular formula is C17H15ClN2O2. The molecule has 1 aromatic carbocycles. The van der Waals surface area contributed by atoms with Crippen molar-refractivity contribution in [3.8, 4) is 5.75 Å². The number of pyridine rings is 1. The van der Waals surface area contributed by atoms with E-state index in [9.17, 15) is 4.79 Å². The molecule has 0 saturated heterocycles. The first kappa shape index (κ1) is 13.6. The number of methoxy groups -OCH3 is 1. The summed E-state index contributed by atoms with van der Waals surface area (Å²) in [6, 6.07) is 9.87. The predicted octanol–water partition coefficient (Wildman–Crippen LogP) is 3.26. The zero-order valence-electron chi connectivity index (χ0n) is 12.1. The second-order valence-electron chi connectivity index (χ2n) is 5.75. The van der Waals surface area contributed by atoms with Crippen molar-refractivity contribution in [3.05, 3.63) is 58.4 Å². The van der Waals surface area contributed by atoms with Crippen LogP contribution in [0.5, 0.6) is 5.75 Å². The summed E-state index contributed by atoms with van der Waals surface area (Å²) in [7, 11) is 1.65. The van der Waals surface area contributed by atoms with Gasteiger partial charge in [-0.2, -0.15) is 0 Å². The molecular weight excluding hydrogens is 300 g/mol. The van der Waals surface area contributed by atoms with E-state index in [2.05, 4.69) is 4.98 Å². The highest BCUT2D eigenvalue weighted by molar-refractivity contribution is 6.31. The van der Waals surface area contributed by atoms with Gasteiger partial charge >= 0.3 is 0 Å². The lowest BCUT2D eigenvalue weighted by atomic mass is 10.0. The Hall–Kier alpha value is -2.07. The van der Waals surface area contributed by atoms with Crippen LogP contribution in [0.15, 0.2) is 36.5 Å². The number of fused-ring (bicyclic) bond motifs is 3. The van der Waals surface area contributed by atoms with E-state index in [1.807, 2.05) is 29.2 Å². The van der Waals surface area contributed by atoms with E-state index in [0.29, 0.717) is 23.2 Å². The van der Waals surface area contributed by atoms with Crippen LogP contribution in [0.3, 0.4) is 0 Å². The Kier molecular flexibility index (Phi) is 3.08. The van der Waals surface area contributed by atoms with Gasteiger partial charge < -0.3 is 9.64 Å². The van der Waals surface area contributed by atoms with Gasteiger partial charge in [0, 0.05) is 35.8 Å². The standard InChI is InChI=1S/C17H15ClN2O2/c1-22-11-4-2-10(3-5-11)9-20-14-8-13(14)15-12(17(20)21)6-7-19-16(15)18/h2-7,13-14H,8-9H2,1H3. The summed E-state index contributed by atoms with van der Waals surface area (Å²) in [5, 5.41) is 0.474. The maximum Gasteiger partial charge on any atom is 0.254 e. The number of ether oxygens (including phenoxy) is 1. The van der Waals surface area contributed by atoms with Gasteiger partial charge in [-0.3, -0.25) is 4.79 Å². The topological polar surface area (TPSA) is 42.4 Å². The lowest BCUT2D eigenvalue weighted by molar-refractivity contribution is 0.0711. The predicted molar refractivity (Wildman–Crippen MR) is 83.3 cm³/mol. The average Bonchev–Trinajstić information content (AvgIpc) is 3.32. The SMILES string of the molecule is COc1ccc(CN2C(=O)c3ccnc(Cl)c3C3CC32)cc1. The van der Waals surface area contributed by atoms with Crippen LogP contribution in [0.1, 0.15) is 33.8 Å². The lowest BCUT2D eigenvalue weighted by Crippen LogP contribution is -2.37. The Morgan fingerprint density at radius 3 is 2.82 bits per heavy atom. The third-order valence-corrected chi connectivity index (χ3v) is 4.77. The molecule has 2 heterocycles. The summed E-state index contributed by atoms with van der Waals surface area (Å²) >= 11 is 6.17. The first-order valence-electron chi connectivity index (χ1n) is 7.27. The lowest BCUT2D eigenvalue weighted by Gasteiger charge is -2.28. The molecule has 1 amide bonds. The van der Waals surface area contributed by atoms with Crippen LogP contribution in [-0.2, 0) is 6.54 Å². The van der Waals surface area contributed by atoms with Gasteiger partial charge in [0.25, 0.3) is 5.91 Å². The minimum absolute atomic E-state index is 0.0499. The molecule has 1 fully saturated rings. The normalized spacial score (nSPS) is 22.1. The highest BCUT2D eigenvalue weighted by atomic mass is 35.5. The smallest absolute Gasteiger partial charge is 0.254 e. The summed E-state index contributed by atoms with van der Waals surface area (Å²) in [5.74, 6) is 1.21. The van der Waals surface area contributed by atoms with E-state index in [4.69, 9.17) is 16.3 Å². The third-order valence-electron chi connectivity index (χ3n) is 4.47. The van der Waals surface area contributed by atoms with Crippen molar-refractivity contribution in [1.29, 1.82) is 0 Å². The quantitative estimate of drug-likeness (QED) is 0.817. The first-order valence-corrected chi connectivity index (χ1v) is 7.65. The van der Waals surface area contributed by atoms with Crippen molar-refractivity contribution in [2.24, 2.45) is 0 Å². The molecule has 4 nitrogen and oxygen atoms in total. The zero-order valence-corrected chi connectivity index (χ0v) is 12.9. The van der Waals surface area contributed by atoms with Gasteiger partial charge in [-0.15, -0.1) is 0 Å². The number of nitrogens with zero attached hydrogens (tertiary/aromatic N) is 2. The summed E-state index contributed by atoms with van der Waals surface area (Å²) in [6.45, 7) is 0.614. The van der Waals surface area contributed by atoms with E-state index >= 15 is 0 Å². The van der Waals surface area contributed by atoms with E-state index < -0.39 is 0 Å². The van der Waals surface area contributed by atoms with Crippen LogP contribution in [0.2, 0.25) is 5.15 Å². The molecule has 2 atom stereocenters. The third kappa shape index (κ3) is 2.06. The van der Waals surface area contributed by atoms with Crippen LogP contribution >= 0.6 is 11.6 Å². The monoisotopic (exact) mass is 314 g/mol. The van der Waals surface area contributed by atoms with E-state index in [1.165, 1.54) is 0 Å². The number of carbonyl (C=O) groups is 1. The number of hydrogen-bond donors (Lipinski definition) is 0. The fourth-order valence-electron chi connectivity index (χ4n) is 3.25. The van der Waals surface area contributed by atoms with Crippen LogP contribution in [0.4, 0.5) is 0 Å². The summed E-state index contributed by atoms with van der Waals surface area (Å²) in [5.41, 5.74) is 2.74. The number of halogens is 1.